The molecular formula is C18H27F2N. The minimum Gasteiger partial charge on any atom is -0.317 e. The first-order chi connectivity index (χ1) is 9.85. The molecule has 0 bridgehead atoms. The number of halogens is 2. The largest absolute Gasteiger partial charge is 0.317 e. The van der Waals surface area contributed by atoms with Crippen molar-refractivity contribution >= 4 is 0 Å². The molecule has 1 fully saturated rings. The average Bonchev–Trinajstić information content (AvgIpc) is 2.43. The summed E-state index contributed by atoms with van der Waals surface area (Å²) in [7, 11) is 2.01. The summed E-state index contributed by atoms with van der Waals surface area (Å²) in [5.74, 6) is -0.205. The summed E-state index contributed by atoms with van der Waals surface area (Å²) < 4.78 is 27.4. The number of hydrogen-bond acceptors (Lipinski definition) is 1. The van der Waals surface area contributed by atoms with Gasteiger partial charge in [0.05, 0.1) is 0 Å². The van der Waals surface area contributed by atoms with Crippen LogP contribution in [0.25, 0.3) is 0 Å². The van der Waals surface area contributed by atoms with Gasteiger partial charge in [-0.2, -0.15) is 0 Å². The van der Waals surface area contributed by atoms with Gasteiger partial charge < -0.3 is 5.32 Å². The van der Waals surface area contributed by atoms with Crippen LogP contribution in [0.1, 0.15) is 45.6 Å². The lowest BCUT2D eigenvalue weighted by Gasteiger charge is -2.44. The Hall–Kier alpha value is -0.960. The van der Waals surface area contributed by atoms with E-state index in [0.717, 1.165) is 18.8 Å². The second-order valence-electron chi connectivity index (χ2n) is 7.30. The van der Waals surface area contributed by atoms with Crippen molar-refractivity contribution in [3.05, 3.63) is 35.4 Å². The van der Waals surface area contributed by atoms with Crippen molar-refractivity contribution in [3.63, 3.8) is 0 Å². The molecule has 1 aromatic carbocycles. The monoisotopic (exact) mass is 295 g/mol. The van der Waals surface area contributed by atoms with E-state index < -0.39 is 11.6 Å². The fourth-order valence-corrected chi connectivity index (χ4v) is 3.94. The SMILES string of the molecule is CNC1CC(C)CCC1C(C)(C)Cc1cccc(F)c1F. The molecule has 118 valence electrons. The summed E-state index contributed by atoms with van der Waals surface area (Å²) in [6.45, 7) is 6.66. The van der Waals surface area contributed by atoms with E-state index >= 15 is 0 Å². The third kappa shape index (κ3) is 3.63. The molecule has 0 spiro atoms. The van der Waals surface area contributed by atoms with Crippen LogP contribution in [0, 0.1) is 28.9 Å². The van der Waals surface area contributed by atoms with Crippen molar-refractivity contribution in [2.45, 2.75) is 52.5 Å². The molecule has 21 heavy (non-hydrogen) atoms. The first-order valence-electron chi connectivity index (χ1n) is 7.95. The molecule has 1 aliphatic rings. The van der Waals surface area contributed by atoms with Gasteiger partial charge in [-0.15, -0.1) is 0 Å². The molecule has 0 aliphatic heterocycles. The molecule has 3 atom stereocenters. The van der Waals surface area contributed by atoms with Crippen molar-refractivity contribution in [2.75, 3.05) is 7.05 Å². The fourth-order valence-electron chi connectivity index (χ4n) is 3.94. The first kappa shape index (κ1) is 16.4. The maximum absolute atomic E-state index is 13.9. The highest BCUT2D eigenvalue weighted by Gasteiger charge is 2.38. The van der Waals surface area contributed by atoms with Crippen molar-refractivity contribution in [1.29, 1.82) is 0 Å². The summed E-state index contributed by atoms with van der Waals surface area (Å²) in [6.07, 6.45) is 4.11. The van der Waals surface area contributed by atoms with E-state index in [9.17, 15) is 8.78 Å². The number of benzene rings is 1. The Bertz CT molecular complexity index is 484. The van der Waals surface area contributed by atoms with Gasteiger partial charge in [0, 0.05) is 6.04 Å². The molecule has 1 N–H and O–H groups in total. The first-order valence-corrected chi connectivity index (χ1v) is 7.95. The molecule has 1 saturated carbocycles. The Kier molecular flexibility index (Phi) is 5.03. The molecule has 0 aromatic heterocycles. The van der Waals surface area contributed by atoms with Crippen molar-refractivity contribution in [3.8, 4) is 0 Å². The van der Waals surface area contributed by atoms with Crippen LogP contribution in [-0.4, -0.2) is 13.1 Å². The number of nitrogens with one attached hydrogen (secondary N) is 1. The van der Waals surface area contributed by atoms with Crippen LogP contribution in [-0.2, 0) is 6.42 Å². The Morgan fingerprint density at radius 3 is 2.62 bits per heavy atom. The second-order valence-corrected chi connectivity index (χ2v) is 7.30. The van der Waals surface area contributed by atoms with E-state index in [1.54, 1.807) is 12.1 Å². The highest BCUT2D eigenvalue weighted by atomic mass is 19.2. The van der Waals surface area contributed by atoms with Gasteiger partial charge in [0.15, 0.2) is 11.6 Å². The van der Waals surface area contributed by atoms with Gasteiger partial charge in [-0.05, 0) is 55.2 Å². The Morgan fingerprint density at radius 2 is 1.95 bits per heavy atom. The van der Waals surface area contributed by atoms with Crippen LogP contribution in [0.3, 0.4) is 0 Å². The van der Waals surface area contributed by atoms with Crippen LogP contribution in [0.15, 0.2) is 18.2 Å². The third-order valence-electron chi connectivity index (χ3n) is 5.16. The van der Waals surface area contributed by atoms with Crippen LogP contribution in [0.4, 0.5) is 8.78 Å². The average molecular weight is 295 g/mol. The van der Waals surface area contributed by atoms with E-state index in [0.29, 0.717) is 23.9 Å². The molecule has 1 aromatic rings. The molecule has 1 aliphatic carbocycles. The predicted octanol–water partition coefficient (Wildman–Crippen LogP) is 4.56. The lowest BCUT2D eigenvalue weighted by molar-refractivity contribution is 0.0971. The maximum Gasteiger partial charge on any atom is 0.162 e. The van der Waals surface area contributed by atoms with Gasteiger partial charge in [-0.25, -0.2) is 8.78 Å². The smallest absolute Gasteiger partial charge is 0.162 e. The molecule has 3 unspecified atom stereocenters. The highest BCUT2D eigenvalue weighted by Crippen LogP contribution is 2.42. The van der Waals surface area contributed by atoms with Gasteiger partial charge in [-0.1, -0.05) is 39.3 Å². The topological polar surface area (TPSA) is 12.0 Å². The molecule has 0 radical (unpaired) electrons. The second kappa shape index (κ2) is 6.43. The van der Waals surface area contributed by atoms with Gasteiger partial charge >= 0.3 is 0 Å². The number of hydrogen-bond donors (Lipinski definition) is 1. The summed E-state index contributed by atoms with van der Waals surface area (Å²) in [6, 6.07) is 4.95. The van der Waals surface area contributed by atoms with Crippen LogP contribution in [0.5, 0.6) is 0 Å². The van der Waals surface area contributed by atoms with Crippen molar-refractivity contribution in [1.82, 2.24) is 5.32 Å². The molecular weight excluding hydrogens is 268 g/mol. The normalized spacial score (nSPS) is 26.9. The minimum atomic E-state index is -0.745. The van der Waals surface area contributed by atoms with E-state index in [2.05, 4.69) is 26.1 Å². The zero-order valence-electron chi connectivity index (χ0n) is 13.5. The molecule has 1 nitrogen and oxygen atoms in total. The van der Waals surface area contributed by atoms with E-state index in [-0.39, 0.29) is 5.41 Å². The fraction of sp³-hybridized carbons (Fsp3) is 0.667. The predicted molar refractivity (Wildman–Crippen MR) is 83.2 cm³/mol. The zero-order chi connectivity index (χ0) is 15.6. The van der Waals surface area contributed by atoms with Crippen LogP contribution >= 0.6 is 0 Å². The standard InChI is InChI=1S/C18H27F2N/c1-12-8-9-14(16(10-12)21-4)18(2,3)11-13-6-5-7-15(19)17(13)20/h5-7,12,14,16,21H,8-11H2,1-4H3. The Morgan fingerprint density at radius 1 is 1.24 bits per heavy atom. The molecule has 0 amide bonds. The molecule has 0 saturated heterocycles. The minimum absolute atomic E-state index is 0.0531. The zero-order valence-corrected chi connectivity index (χ0v) is 13.5. The highest BCUT2D eigenvalue weighted by molar-refractivity contribution is 5.20. The molecule has 0 heterocycles. The third-order valence-corrected chi connectivity index (χ3v) is 5.16. The molecule has 2 rings (SSSR count). The van der Waals surface area contributed by atoms with Gasteiger partial charge in [0.1, 0.15) is 0 Å². The summed E-state index contributed by atoms with van der Waals surface area (Å²) >= 11 is 0. The summed E-state index contributed by atoms with van der Waals surface area (Å²) in [5, 5.41) is 3.43. The van der Waals surface area contributed by atoms with Crippen molar-refractivity contribution in [2.24, 2.45) is 17.3 Å². The molecule has 3 heteroatoms. The summed E-state index contributed by atoms with van der Waals surface area (Å²) in [5.41, 5.74) is 0.441. The van der Waals surface area contributed by atoms with Gasteiger partial charge in [0.2, 0.25) is 0 Å². The van der Waals surface area contributed by atoms with Crippen LogP contribution in [0.2, 0.25) is 0 Å². The van der Waals surface area contributed by atoms with Gasteiger partial charge in [-0.3, -0.25) is 0 Å². The maximum atomic E-state index is 13.9. The van der Waals surface area contributed by atoms with E-state index in [1.165, 1.54) is 12.5 Å². The van der Waals surface area contributed by atoms with Crippen LogP contribution < -0.4 is 5.32 Å². The lowest BCUT2D eigenvalue weighted by atomic mass is 9.64. The summed E-state index contributed by atoms with van der Waals surface area (Å²) in [4.78, 5) is 0. The van der Waals surface area contributed by atoms with E-state index in [4.69, 9.17) is 0 Å². The number of rotatable bonds is 4. The van der Waals surface area contributed by atoms with Gasteiger partial charge in [0.25, 0.3) is 0 Å². The van der Waals surface area contributed by atoms with E-state index in [1.807, 2.05) is 7.05 Å². The lowest BCUT2D eigenvalue weighted by Crippen LogP contribution is -2.46. The van der Waals surface area contributed by atoms with Crippen molar-refractivity contribution < 1.29 is 8.78 Å². The quantitative estimate of drug-likeness (QED) is 0.858. The Labute approximate surface area is 127 Å². The Balaban J connectivity index is 2.18.